The SMILES string of the molecule is COc1ccc(OC)c(/C=C/C(=O)OCC(=O)Nc2ccc(S(=O)(=O)N3CCCCC3)cc2)c1. The second-order valence-corrected chi connectivity index (χ2v) is 9.52. The summed E-state index contributed by atoms with van der Waals surface area (Å²) >= 11 is 0. The molecule has 1 aliphatic rings. The summed E-state index contributed by atoms with van der Waals surface area (Å²) in [4.78, 5) is 24.3. The first-order chi connectivity index (χ1) is 16.3. The Bertz CT molecular complexity index is 1140. The summed E-state index contributed by atoms with van der Waals surface area (Å²) in [6.45, 7) is 0.544. The lowest BCUT2D eigenvalue weighted by Crippen LogP contribution is -2.35. The lowest BCUT2D eigenvalue weighted by Gasteiger charge is -2.25. The molecule has 1 amide bonds. The molecule has 2 aromatic rings. The number of amides is 1. The predicted octanol–water partition coefficient (Wildman–Crippen LogP) is 3.07. The number of carbonyl (C=O) groups is 2. The van der Waals surface area contributed by atoms with E-state index in [1.165, 1.54) is 54.9 Å². The highest BCUT2D eigenvalue weighted by Gasteiger charge is 2.25. The van der Waals surface area contributed by atoms with Crippen molar-refractivity contribution in [3.8, 4) is 11.5 Å². The number of ether oxygens (including phenoxy) is 3. The molecule has 0 bridgehead atoms. The number of sulfonamides is 1. The summed E-state index contributed by atoms with van der Waals surface area (Å²) in [7, 11) is -0.498. The van der Waals surface area contributed by atoms with Gasteiger partial charge in [0, 0.05) is 30.4 Å². The average molecular weight is 489 g/mol. The van der Waals surface area contributed by atoms with Crippen molar-refractivity contribution in [1.29, 1.82) is 0 Å². The maximum absolute atomic E-state index is 12.7. The number of nitrogens with zero attached hydrogens (tertiary/aromatic N) is 1. The molecule has 1 aliphatic heterocycles. The van der Waals surface area contributed by atoms with Crippen molar-refractivity contribution in [2.45, 2.75) is 24.2 Å². The molecule has 0 atom stereocenters. The van der Waals surface area contributed by atoms with Gasteiger partial charge in [0.25, 0.3) is 5.91 Å². The van der Waals surface area contributed by atoms with Crippen LogP contribution in [0.1, 0.15) is 24.8 Å². The van der Waals surface area contributed by atoms with Crippen molar-refractivity contribution < 1.29 is 32.2 Å². The van der Waals surface area contributed by atoms with Gasteiger partial charge in [0.05, 0.1) is 19.1 Å². The first kappa shape index (κ1) is 25.3. The molecule has 2 aromatic carbocycles. The van der Waals surface area contributed by atoms with Gasteiger partial charge in [0.1, 0.15) is 11.5 Å². The molecule has 0 radical (unpaired) electrons. The molecule has 34 heavy (non-hydrogen) atoms. The molecule has 0 aliphatic carbocycles. The summed E-state index contributed by atoms with van der Waals surface area (Å²) in [5, 5.41) is 2.58. The number of hydrogen-bond donors (Lipinski definition) is 1. The lowest BCUT2D eigenvalue weighted by molar-refractivity contribution is -0.142. The van der Waals surface area contributed by atoms with Crippen LogP contribution in [0.3, 0.4) is 0 Å². The van der Waals surface area contributed by atoms with E-state index in [2.05, 4.69) is 5.32 Å². The highest BCUT2D eigenvalue weighted by atomic mass is 32.2. The molecule has 0 spiro atoms. The summed E-state index contributed by atoms with van der Waals surface area (Å²) < 4.78 is 42.3. The number of piperidine rings is 1. The molecule has 182 valence electrons. The zero-order valence-electron chi connectivity index (χ0n) is 19.2. The quantitative estimate of drug-likeness (QED) is 0.427. The summed E-state index contributed by atoms with van der Waals surface area (Å²) in [6, 6.07) is 11.1. The molecular formula is C24H28N2O7S. The molecule has 3 rings (SSSR count). The second kappa shape index (κ2) is 11.7. The van der Waals surface area contributed by atoms with E-state index < -0.39 is 28.5 Å². The highest BCUT2D eigenvalue weighted by Crippen LogP contribution is 2.25. The van der Waals surface area contributed by atoms with Crippen molar-refractivity contribution in [3.05, 3.63) is 54.1 Å². The number of methoxy groups -OCH3 is 2. The van der Waals surface area contributed by atoms with Crippen LogP contribution in [0.25, 0.3) is 6.08 Å². The number of benzene rings is 2. The van der Waals surface area contributed by atoms with Crippen LogP contribution in [0.5, 0.6) is 11.5 Å². The molecule has 0 unspecified atom stereocenters. The summed E-state index contributed by atoms with van der Waals surface area (Å²) in [5.74, 6) is -0.105. The van der Waals surface area contributed by atoms with E-state index in [-0.39, 0.29) is 4.90 Å². The molecule has 1 fully saturated rings. The maximum atomic E-state index is 12.7. The molecule has 1 heterocycles. The molecule has 10 heteroatoms. The van der Waals surface area contributed by atoms with Gasteiger partial charge in [-0.3, -0.25) is 4.79 Å². The van der Waals surface area contributed by atoms with Gasteiger partial charge in [0.2, 0.25) is 10.0 Å². The van der Waals surface area contributed by atoms with Crippen LogP contribution in [0.15, 0.2) is 53.4 Å². The van der Waals surface area contributed by atoms with Crippen LogP contribution in [-0.4, -0.2) is 58.5 Å². The van der Waals surface area contributed by atoms with E-state index in [0.717, 1.165) is 19.3 Å². The van der Waals surface area contributed by atoms with E-state index >= 15 is 0 Å². The first-order valence-corrected chi connectivity index (χ1v) is 12.2. The molecule has 1 N–H and O–H groups in total. The van der Waals surface area contributed by atoms with Crippen molar-refractivity contribution >= 4 is 33.7 Å². The molecule has 0 saturated carbocycles. The third-order valence-corrected chi connectivity index (χ3v) is 7.19. The fourth-order valence-electron chi connectivity index (χ4n) is 3.47. The molecular weight excluding hydrogens is 460 g/mol. The average Bonchev–Trinajstić information content (AvgIpc) is 2.86. The van der Waals surface area contributed by atoms with Crippen molar-refractivity contribution in [3.63, 3.8) is 0 Å². The Morgan fingerprint density at radius 3 is 2.35 bits per heavy atom. The van der Waals surface area contributed by atoms with Crippen LogP contribution < -0.4 is 14.8 Å². The first-order valence-electron chi connectivity index (χ1n) is 10.8. The molecule has 0 aromatic heterocycles. The van der Waals surface area contributed by atoms with E-state index in [1.54, 1.807) is 18.2 Å². The Hall–Kier alpha value is -3.37. The van der Waals surface area contributed by atoms with Crippen molar-refractivity contribution in [2.75, 3.05) is 39.2 Å². The minimum absolute atomic E-state index is 0.178. The topological polar surface area (TPSA) is 111 Å². The molecule has 9 nitrogen and oxygen atoms in total. The number of carbonyl (C=O) groups excluding carboxylic acids is 2. The van der Waals surface area contributed by atoms with E-state index in [9.17, 15) is 18.0 Å². The van der Waals surface area contributed by atoms with Gasteiger partial charge in [-0.1, -0.05) is 6.42 Å². The third-order valence-electron chi connectivity index (χ3n) is 5.27. The van der Waals surface area contributed by atoms with Crippen LogP contribution >= 0.6 is 0 Å². The normalized spacial score (nSPS) is 14.5. The number of rotatable bonds is 9. The Morgan fingerprint density at radius 2 is 1.71 bits per heavy atom. The Kier molecular flexibility index (Phi) is 8.67. The van der Waals surface area contributed by atoms with Gasteiger partial charge in [-0.05, 0) is 61.4 Å². The highest BCUT2D eigenvalue weighted by molar-refractivity contribution is 7.89. The van der Waals surface area contributed by atoms with E-state index in [1.807, 2.05) is 0 Å². The Labute approximate surface area is 199 Å². The standard InChI is InChI=1S/C24H28N2O7S/c1-31-20-9-12-22(32-2)18(16-20)6-13-24(28)33-17-23(27)25-19-7-10-21(11-8-19)34(29,30)26-14-4-3-5-15-26/h6-13,16H,3-5,14-15,17H2,1-2H3,(H,25,27)/b13-6+. The fourth-order valence-corrected chi connectivity index (χ4v) is 4.99. The minimum atomic E-state index is -3.54. The van der Waals surface area contributed by atoms with Gasteiger partial charge in [0.15, 0.2) is 6.61 Å². The lowest BCUT2D eigenvalue weighted by atomic mass is 10.1. The van der Waals surface area contributed by atoms with Crippen LogP contribution in [0.2, 0.25) is 0 Å². The van der Waals surface area contributed by atoms with Gasteiger partial charge in [-0.25, -0.2) is 13.2 Å². The monoisotopic (exact) mass is 488 g/mol. The predicted molar refractivity (Wildman–Crippen MR) is 127 cm³/mol. The largest absolute Gasteiger partial charge is 0.497 e. The maximum Gasteiger partial charge on any atom is 0.331 e. The second-order valence-electron chi connectivity index (χ2n) is 7.59. The van der Waals surface area contributed by atoms with Crippen LogP contribution in [0.4, 0.5) is 5.69 Å². The smallest absolute Gasteiger partial charge is 0.331 e. The van der Waals surface area contributed by atoms with Gasteiger partial charge < -0.3 is 19.5 Å². The summed E-state index contributed by atoms with van der Waals surface area (Å²) in [5.41, 5.74) is 1.01. The van der Waals surface area contributed by atoms with Crippen molar-refractivity contribution in [2.24, 2.45) is 0 Å². The zero-order chi connectivity index (χ0) is 24.6. The van der Waals surface area contributed by atoms with E-state index in [4.69, 9.17) is 14.2 Å². The number of nitrogens with one attached hydrogen (secondary N) is 1. The Balaban J connectivity index is 1.52. The van der Waals surface area contributed by atoms with Gasteiger partial charge in [-0.15, -0.1) is 0 Å². The molecule has 1 saturated heterocycles. The van der Waals surface area contributed by atoms with E-state index in [0.29, 0.717) is 35.8 Å². The Morgan fingerprint density at radius 1 is 1.00 bits per heavy atom. The number of anilines is 1. The van der Waals surface area contributed by atoms with Crippen molar-refractivity contribution in [1.82, 2.24) is 4.31 Å². The third kappa shape index (κ3) is 6.58. The fraction of sp³-hybridized carbons (Fsp3) is 0.333. The zero-order valence-corrected chi connectivity index (χ0v) is 20.0. The minimum Gasteiger partial charge on any atom is -0.497 e. The summed E-state index contributed by atoms with van der Waals surface area (Å²) in [6.07, 6.45) is 5.43. The van der Waals surface area contributed by atoms with Crippen LogP contribution in [-0.2, 0) is 24.3 Å². The van der Waals surface area contributed by atoms with Gasteiger partial charge in [-0.2, -0.15) is 4.31 Å². The van der Waals surface area contributed by atoms with Gasteiger partial charge >= 0.3 is 5.97 Å². The number of hydrogen-bond acceptors (Lipinski definition) is 7. The van der Waals surface area contributed by atoms with Crippen LogP contribution in [0, 0.1) is 0 Å². The number of esters is 1.